The van der Waals surface area contributed by atoms with Gasteiger partial charge in [-0.3, -0.25) is 20.1 Å². The van der Waals surface area contributed by atoms with Crippen molar-refractivity contribution in [3.8, 4) is 11.4 Å². The van der Waals surface area contributed by atoms with Gasteiger partial charge in [0.05, 0.1) is 33.1 Å². The van der Waals surface area contributed by atoms with Crippen LogP contribution in [0.2, 0.25) is 5.02 Å². The van der Waals surface area contributed by atoms with Gasteiger partial charge in [0.25, 0.3) is 5.91 Å². The first kappa shape index (κ1) is 19.4. The molecule has 4 aromatic rings. The number of pyridine rings is 2. The van der Waals surface area contributed by atoms with E-state index in [4.69, 9.17) is 16.7 Å². The molecule has 0 aliphatic heterocycles. The number of thiazole rings is 1. The van der Waals surface area contributed by atoms with E-state index in [0.29, 0.717) is 27.6 Å². The molecule has 1 amide bonds. The van der Waals surface area contributed by atoms with Gasteiger partial charge in [0.1, 0.15) is 11.8 Å². The standard InChI is InChI=1S/C20H15ClN4O3S/c21-13-7-12(16(27)10-26)9-23-18(13)15-6-5-11(8-22-15)19(28)25-20-24-14-3-1-2-4-17(14)29-20/h1-9,16,26-27H,10H2,(H,24,25,28)/t16-/m1/s1. The highest BCUT2D eigenvalue weighted by Gasteiger charge is 2.14. The van der Waals surface area contributed by atoms with Gasteiger partial charge in [0.2, 0.25) is 0 Å². The molecule has 3 N–H and O–H groups in total. The zero-order valence-electron chi connectivity index (χ0n) is 14.9. The van der Waals surface area contributed by atoms with Crippen LogP contribution in [0.5, 0.6) is 0 Å². The number of fused-ring (bicyclic) bond motifs is 1. The van der Waals surface area contributed by atoms with Gasteiger partial charge in [-0.25, -0.2) is 4.98 Å². The smallest absolute Gasteiger partial charge is 0.259 e. The number of benzene rings is 1. The highest BCUT2D eigenvalue weighted by Crippen LogP contribution is 2.28. The Morgan fingerprint density at radius 2 is 2.00 bits per heavy atom. The maximum absolute atomic E-state index is 12.5. The van der Waals surface area contributed by atoms with Crippen LogP contribution in [0.25, 0.3) is 21.6 Å². The summed E-state index contributed by atoms with van der Waals surface area (Å²) < 4.78 is 0.992. The average molecular weight is 427 g/mol. The molecular formula is C20H15ClN4O3S. The number of amides is 1. The lowest BCUT2D eigenvalue weighted by Crippen LogP contribution is -2.12. The number of aliphatic hydroxyl groups is 2. The fourth-order valence-corrected chi connectivity index (χ4v) is 3.82. The molecule has 4 rings (SSSR count). The second-order valence-electron chi connectivity index (χ2n) is 6.17. The predicted molar refractivity (Wildman–Crippen MR) is 112 cm³/mol. The van der Waals surface area contributed by atoms with Crippen molar-refractivity contribution in [1.82, 2.24) is 15.0 Å². The van der Waals surface area contributed by atoms with E-state index in [2.05, 4.69) is 20.3 Å². The van der Waals surface area contributed by atoms with Crippen molar-refractivity contribution in [3.05, 3.63) is 71.0 Å². The summed E-state index contributed by atoms with van der Waals surface area (Å²) in [6.45, 7) is -0.423. The number of hydrogen-bond acceptors (Lipinski definition) is 7. The predicted octanol–water partition coefficient (Wildman–Crippen LogP) is 3.68. The molecule has 0 spiro atoms. The third kappa shape index (κ3) is 4.10. The van der Waals surface area contributed by atoms with Gasteiger partial charge in [-0.1, -0.05) is 35.1 Å². The Bertz CT molecular complexity index is 1150. The normalized spacial score (nSPS) is 12.1. The molecule has 1 aromatic carbocycles. The van der Waals surface area contributed by atoms with Crippen molar-refractivity contribution in [1.29, 1.82) is 0 Å². The Morgan fingerprint density at radius 1 is 1.17 bits per heavy atom. The van der Waals surface area contributed by atoms with Crippen molar-refractivity contribution >= 4 is 44.2 Å². The number of aromatic nitrogens is 3. The molecule has 146 valence electrons. The number of rotatable bonds is 5. The number of hydrogen-bond donors (Lipinski definition) is 3. The van der Waals surface area contributed by atoms with E-state index in [9.17, 15) is 9.90 Å². The van der Waals surface area contributed by atoms with Crippen LogP contribution in [0, 0.1) is 0 Å². The molecule has 0 fully saturated rings. The van der Waals surface area contributed by atoms with Gasteiger partial charge in [0.15, 0.2) is 5.13 Å². The van der Waals surface area contributed by atoms with E-state index >= 15 is 0 Å². The lowest BCUT2D eigenvalue weighted by Gasteiger charge is -2.10. The van der Waals surface area contributed by atoms with Crippen LogP contribution in [-0.4, -0.2) is 37.7 Å². The number of nitrogens with zero attached hydrogens (tertiary/aromatic N) is 3. The molecule has 0 aliphatic rings. The van der Waals surface area contributed by atoms with Crippen LogP contribution in [-0.2, 0) is 0 Å². The molecule has 9 heteroatoms. The first-order valence-electron chi connectivity index (χ1n) is 8.63. The first-order chi connectivity index (χ1) is 14.0. The molecule has 3 aromatic heterocycles. The van der Waals surface area contributed by atoms with Crippen LogP contribution >= 0.6 is 22.9 Å². The molecule has 0 saturated carbocycles. The molecule has 7 nitrogen and oxygen atoms in total. The summed E-state index contributed by atoms with van der Waals surface area (Å²) in [4.78, 5) is 25.3. The summed E-state index contributed by atoms with van der Waals surface area (Å²) in [6.07, 6.45) is 1.82. The Hall–Kier alpha value is -2.91. The van der Waals surface area contributed by atoms with E-state index in [0.717, 1.165) is 10.2 Å². The van der Waals surface area contributed by atoms with E-state index in [1.165, 1.54) is 29.8 Å². The lowest BCUT2D eigenvalue weighted by atomic mass is 10.1. The quantitative estimate of drug-likeness (QED) is 0.449. The summed E-state index contributed by atoms with van der Waals surface area (Å²) in [5.74, 6) is -0.316. The summed E-state index contributed by atoms with van der Waals surface area (Å²) in [5.41, 5.74) is 2.51. The number of aliphatic hydroxyl groups excluding tert-OH is 2. The van der Waals surface area contributed by atoms with Crippen molar-refractivity contribution < 1.29 is 15.0 Å². The van der Waals surface area contributed by atoms with E-state index in [1.54, 1.807) is 12.1 Å². The van der Waals surface area contributed by atoms with Gasteiger partial charge >= 0.3 is 0 Å². The third-order valence-electron chi connectivity index (χ3n) is 4.20. The van der Waals surface area contributed by atoms with Gasteiger partial charge in [-0.2, -0.15) is 0 Å². The van der Waals surface area contributed by atoms with Crippen LogP contribution in [0.15, 0.2) is 54.9 Å². The number of nitrogens with one attached hydrogen (secondary N) is 1. The second-order valence-corrected chi connectivity index (χ2v) is 7.61. The molecular weight excluding hydrogens is 412 g/mol. The largest absolute Gasteiger partial charge is 0.393 e. The monoisotopic (exact) mass is 426 g/mol. The highest BCUT2D eigenvalue weighted by atomic mass is 35.5. The molecule has 1 atom stereocenters. The topological polar surface area (TPSA) is 108 Å². The van der Waals surface area contributed by atoms with Crippen LogP contribution in [0.3, 0.4) is 0 Å². The van der Waals surface area contributed by atoms with Gasteiger partial charge in [-0.05, 0) is 30.3 Å². The van der Waals surface area contributed by atoms with Gasteiger partial charge < -0.3 is 10.2 Å². The van der Waals surface area contributed by atoms with E-state index in [1.807, 2.05) is 24.3 Å². The van der Waals surface area contributed by atoms with Gasteiger partial charge in [-0.15, -0.1) is 0 Å². The van der Waals surface area contributed by atoms with Crippen molar-refractivity contribution in [2.45, 2.75) is 6.10 Å². The molecule has 0 radical (unpaired) electrons. The first-order valence-corrected chi connectivity index (χ1v) is 9.82. The third-order valence-corrected chi connectivity index (χ3v) is 5.44. The van der Waals surface area contributed by atoms with Crippen LogP contribution in [0.4, 0.5) is 5.13 Å². The molecule has 0 bridgehead atoms. The Balaban J connectivity index is 1.52. The zero-order chi connectivity index (χ0) is 20.4. The fourth-order valence-electron chi connectivity index (χ4n) is 2.69. The van der Waals surface area contributed by atoms with Crippen LogP contribution in [0.1, 0.15) is 22.0 Å². The molecule has 0 aliphatic carbocycles. The zero-order valence-corrected chi connectivity index (χ0v) is 16.5. The van der Waals surface area contributed by atoms with E-state index in [-0.39, 0.29) is 10.9 Å². The Kier molecular flexibility index (Phi) is 5.50. The van der Waals surface area contributed by atoms with Crippen molar-refractivity contribution in [2.24, 2.45) is 0 Å². The van der Waals surface area contributed by atoms with Crippen molar-refractivity contribution in [2.75, 3.05) is 11.9 Å². The molecule has 0 unspecified atom stereocenters. The fraction of sp³-hybridized carbons (Fsp3) is 0.100. The van der Waals surface area contributed by atoms with Gasteiger partial charge in [0, 0.05) is 18.0 Å². The number of carbonyl (C=O) groups excluding carboxylic acids is 1. The second kappa shape index (κ2) is 8.22. The summed E-state index contributed by atoms with van der Waals surface area (Å²) >= 11 is 7.63. The minimum absolute atomic E-state index is 0.286. The molecule has 29 heavy (non-hydrogen) atoms. The average Bonchev–Trinajstić information content (AvgIpc) is 3.15. The minimum Gasteiger partial charge on any atom is -0.393 e. The summed E-state index contributed by atoms with van der Waals surface area (Å²) in [5, 5.41) is 22.3. The van der Waals surface area contributed by atoms with E-state index < -0.39 is 12.7 Å². The molecule has 3 heterocycles. The maximum Gasteiger partial charge on any atom is 0.259 e. The SMILES string of the molecule is O=C(Nc1nc2ccccc2s1)c1ccc(-c2ncc([C@H](O)CO)cc2Cl)nc1. The summed E-state index contributed by atoms with van der Waals surface area (Å²) in [7, 11) is 0. The Labute approximate surface area is 174 Å². The summed E-state index contributed by atoms with van der Waals surface area (Å²) in [6, 6.07) is 12.4. The number of anilines is 1. The highest BCUT2D eigenvalue weighted by molar-refractivity contribution is 7.22. The minimum atomic E-state index is -1.05. The Morgan fingerprint density at radius 3 is 2.69 bits per heavy atom. The van der Waals surface area contributed by atoms with Crippen LogP contribution < -0.4 is 5.32 Å². The number of halogens is 1. The number of para-hydroxylation sites is 1. The maximum atomic E-state index is 12.5. The lowest BCUT2D eigenvalue weighted by molar-refractivity contribution is 0.0953. The van der Waals surface area contributed by atoms with Crippen molar-refractivity contribution in [3.63, 3.8) is 0 Å². The number of carbonyl (C=O) groups is 1. The molecule has 0 saturated heterocycles.